The van der Waals surface area contributed by atoms with Gasteiger partial charge < -0.3 is 33.7 Å². The zero-order chi connectivity index (χ0) is 31.6. The Morgan fingerprint density at radius 2 is 1.42 bits per heavy atom. The van der Waals surface area contributed by atoms with Gasteiger partial charge in [-0.15, -0.1) is 0 Å². The molecule has 1 amide bonds. The van der Waals surface area contributed by atoms with Crippen LogP contribution in [0.15, 0.2) is 97.2 Å². The van der Waals surface area contributed by atoms with Gasteiger partial charge in [0.15, 0.2) is 13.6 Å². The number of rotatable bonds is 15. The minimum atomic E-state index is -0.279. The second kappa shape index (κ2) is 15.3. The SMILES string of the molecule is COCOc1ccc(C(c2ccc(OCOC)cc2)c2c(C(=O)NCc3ccccn3)n(CCN(C)C)c3ccccc23)cc1. The number of likely N-dealkylation sites (N-methyl/N-ethyl adjacent to an activating group) is 1. The molecule has 0 spiro atoms. The molecule has 9 heteroatoms. The van der Waals surface area contributed by atoms with Crippen LogP contribution in [0.3, 0.4) is 0 Å². The van der Waals surface area contributed by atoms with Crippen LogP contribution in [0.2, 0.25) is 0 Å². The van der Waals surface area contributed by atoms with Crippen LogP contribution in [0, 0.1) is 0 Å². The quantitative estimate of drug-likeness (QED) is 0.153. The molecule has 45 heavy (non-hydrogen) atoms. The predicted molar refractivity (Wildman–Crippen MR) is 175 cm³/mol. The van der Waals surface area contributed by atoms with E-state index in [1.54, 1.807) is 20.4 Å². The topological polar surface area (TPSA) is 87.1 Å². The van der Waals surface area contributed by atoms with E-state index >= 15 is 0 Å². The molecule has 0 saturated carbocycles. The van der Waals surface area contributed by atoms with Crippen LogP contribution in [0.25, 0.3) is 10.9 Å². The van der Waals surface area contributed by atoms with E-state index in [0.29, 0.717) is 30.3 Å². The number of hydrogen-bond donors (Lipinski definition) is 1. The average molecular weight is 609 g/mol. The van der Waals surface area contributed by atoms with Crippen molar-refractivity contribution in [3.8, 4) is 11.5 Å². The highest BCUT2D eigenvalue weighted by Gasteiger charge is 2.30. The van der Waals surface area contributed by atoms with E-state index in [2.05, 4.69) is 31.9 Å². The number of benzene rings is 3. The molecule has 1 N–H and O–H groups in total. The zero-order valence-electron chi connectivity index (χ0n) is 26.2. The summed E-state index contributed by atoms with van der Waals surface area (Å²) in [7, 11) is 7.26. The number of nitrogens with one attached hydrogen (secondary N) is 1. The summed E-state index contributed by atoms with van der Waals surface area (Å²) in [6.07, 6.45) is 1.73. The molecule has 2 aromatic heterocycles. The van der Waals surface area contributed by atoms with Crippen molar-refractivity contribution in [1.29, 1.82) is 0 Å². The molecule has 2 heterocycles. The van der Waals surface area contributed by atoms with Crippen molar-refractivity contribution in [3.63, 3.8) is 0 Å². The molecular formula is C36H40N4O5. The fraction of sp³-hybridized carbons (Fsp3) is 0.278. The van der Waals surface area contributed by atoms with E-state index in [1.807, 2.05) is 93.0 Å². The van der Waals surface area contributed by atoms with E-state index in [1.165, 1.54) is 0 Å². The summed E-state index contributed by atoms with van der Waals surface area (Å²) in [4.78, 5) is 20.9. The second-order valence-electron chi connectivity index (χ2n) is 10.9. The number of para-hydroxylation sites is 1. The van der Waals surface area contributed by atoms with Gasteiger partial charge in [-0.3, -0.25) is 9.78 Å². The number of amides is 1. The molecule has 0 fully saturated rings. The first-order valence-electron chi connectivity index (χ1n) is 14.9. The zero-order valence-corrected chi connectivity index (χ0v) is 26.2. The van der Waals surface area contributed by atoms with Crippen LogP contribution < -0.4 is 14.8 Å². The molecule has 0 radical (unpaired) electrons. The van der Waals surface area contributed by atoms with Gasteiger partial charge in [-0.25, -0.2) is 0 Å². The van der Waals surface area contributed by atoms with Crippen molar-refractivity contribution < 1.29 is 23.7 Å². The first-order valence-corrected chi connectivity index (χ1v) is 14.9. The maximum absolute atomic E-state index is 14.3. The highest BCUT2D eigenvalue weighted by Crippen LogP contribution is 2.41. The van der Waals surface area contributed by atoms with E-state index < -0.39 is 0 Å². The van der Waals surface area contributed by atoms with Crippen LogP contribution >= 0.6 is 0 Å². The lowest BCUT2D eigenvalue weighted by molar-refractivity contribution is 0.0509. The Balaban J connectivity index is 1.68. The Kier molecular flexibility index (Phi) is 10.8. The number of ether oxygens (including phenoxy) is 4. The number of fused-ring (bicyclic) bond motifs is 1. The molecule has 0 bridgehead atoms. The maximum atomic E-state index is 14.3. The van der Waals surface area contributed by atoms with Gasteiger partial charge in [0.05, 0.1) is 12.2 Å². The summed E-state index contributed by atoms with van der Waals surface area (Å²) >= 11 is 0. The Labute approximate surface area is 264 Å². The monoisotopic (exact) mass is 608 g/mol. The van der Waals surface area contributed by atoms with Crippen molar-refractivity contribution in [2.45, 2.75) is 19.0 Å². The van der Waals surface area contributed by atoms with Gasteiger partial charge in [0.2, 0.25) is 0 Å². The van der Waals surface area contributed by atoms with Crippen molar-refractivity contribution in [2.24, 2.45) is 0 Å². The molecular weight excluding hydrogens is 568 g/mol. The number of pyridine rings is 1. The molecule has 0 aliphatic rings. The first kappa shape index (κ1) is 31.7. The molecule has 9 nitrogen and oxygen atoms in total. The number of carbonyl (C=O) groups is 1. The third kappa shape index (κ3) is 7.69. The third-order valence-electron chi connectivity index (χ3n) is 7.55. The van der Waals surface area contributed by atoms with Gasteiger partial charge in [-0.05, 0) is 67.7 Å². The van der Waals surface area contributed by atoms with Gasteiger partial charge in [0.25, 0.3) is 5.91 Å². The highest BCUT2D eigenvalue weighted by molar-refractivity contribution is 6.02. The lowest BCUT2D eigenvalue weighted by Crippen LogP contribution is -2.29. The molecule has 0 aliphatic heterocycles. The number of aromatic nitrogens is 2. The molecule has 234 valence electrons. The fourth-order valence-corrected chi connectivity index (χ4v) is 5.45. The van der Waals surface area contributed by atoms with E-state index in [0.717, 1.165) is 39.8 Å². The summed E-state index contributed by atoms with van der Waals surface area (Å²) in [5.74, 6) is 0.962. The molecule has 0 atom stereocenters. The van der Waals surface area contributed by atoms with Crippen molar-refractivity contribution in [1.82, 2.24) is 19.8 Å². The number of methoxy groups -OCH3 is 2. The van der Waals surface area contributed by atoms with Crippen molar-refractivity contribution >= 4 is 16.8 Å². The Morgan fingerprint density at radius 3 is 1.98 bits per heavy atom. The van der Waals surface area contributed by atoms with Crippen LogP contribution in [0.5, 0.6) is 11.5 Å². The van der Waals surface area contributed by atoms with E-state index in [4.69, 9.17) is 18.9 Å². The second-order valence-corrected chi connectivity index (χ2v) is 10.9. The van der Waals surface area contributed by atoms with Crippen LogP contribution in [0.1, 0.15) is 38.8 Å². The number of carbonyl (C=O) groups excluding carboxylic acids is 1. The first-order chi connectivity index (χ1) is 22.0. The molecule has 0 unspecified atom stereocenters. The lowest BCUT2D eigenvalue weighted by Gasteiger charge is -2.22. The summed E-state index contributed by atoms with van der Waals surface area (Å²) in [5.41, 5.74) is 5.37. The van der Waals surface area contributed by atoms with Crippen LogP contribution in [-0.2, 0) is 22.6 Å². The maximum Gasteiger partial charge on any atom is 0.268 e. The third-order valence-corrected chi connectivity index (χ3v) is 7.55. The molecule has 0 saturated heterocycles. The van der Waals surface area contributed by atoms with E-state index in [9.17, 15) is 4.79 Å². The fourth-order valence-electron chi connectivity index (χ4n) is 5.45. The highest BCUT2D eigenvalue weighted by atomic mass is 16.7. The standard InChI is InChI=1S/C36H40N4O5/c1-39(2)21-22-40-32-11-6-5-10-31(32)34(35(40)36(41)38-23-28-9-7-8-20-37-28)33(26-12-16-29(17-13-26)44-24-42-3)27-14-18-30(19-15-27)45-25-43-4/h5-20,33H,21-25H2,1-4H3,(H,38,41). The van der Waals surface area contributed by atoms with Crippen molar-refractivity contribution in [2.75, 3.05) is 48.4 Å². The Hall–Kier alpha value is -4.70. The largest absolute Gasteiger partial charge is 0.468 e. The number of nitrogens with zero attached hydrogens (tertiary/aromatic N) is 3. The minimum absolute atomic E-state index is 0.157. The summed E-state index contributed by atoms with van der Waals surface area (Å²) in [5, 5.41) is 4.18. The predicted octanol–water partition coefficient (Wildman–Crippen LogP) is 5.67. The molecule has 5 aromatic rings. The van der Waals surface area contributed by atoms with Gasteiger partial charge in [-0.2, -0.15) is 0 Å². The summed E-state index contributed by atoms with van der Waals surface area (Å²) in [6, 6.07) is 29.9. The Bertz CT molecular complexity index is 1620. The smallest absolute Gasteiger partial charge is 0.268 e. The van der Waals surface area contributed by atoms with Crippen LogP contribution in [-0.4, -0.2) is 68.8 Å². The summed E-state index contributed by atoms with van der Waals surface area (Å²) < 4.78 is 23.7. The Morgan fingerprint density at radius 1 is 0.822 bits per heavy atom. The van der Waals surface area contributed by atoms with Crippen molar-refractivity contribution in [3.05, 3.63) is 125 Å². The van der Waals surface area contributed by atoms with Crippen LogP contribution in [0.4, 0.5) is 0 Å². The lowest BCUT2D eigenvalue weighted by atomic mass is 9.83. The van der Waals surface area contributed by atoms with Gasteiger partial charge >= 0.3 is 0 Å². The van der Waals surface area contributed by atoms with Gasteiger partial charge in [0, 0.05) is 55.9 Å². The summed E-state index contributed by atoms with van der Waals surface area (Å²) in [6.45, 7) is 2.04. The average Bonchev–Trinajstić information content (AvgIpc) is 3.40. The van der Waals surface area contributed by atoms with Gasteiger partial charge in [0.1, 0.15) is 17.2 Å². The minimum Gasteiger partial charge on any atom is -0.468 e. The normalized spacial score (nSPS) is 11.3. The molecule has 0 aliphatic carbocycles. The van der Waals surface area contributed by atoms with Gasteiger partial charge in [-0.1, -0.05) is 48.5 Å². The number of hydrogen-bond acceptors (Lipinski definition) is 7. The molecule has 5 rings (SSSR count). The molecule has 3 aromatic carbocycles. The van der Waals surface area contributed by atoms with E-state index in [-0.39, 0.29) is 25.4 Å².